The Hall–Kier alpha value is -1.35. The molecule has 2 rings (SSSR count). The summed E-state index contributed by atoms with van der Waals surface area (Å²) in [6.07, 6.45) is 2.94. The molecule has 0 aliphatic carbocycles. The molecule has 1 saturated heterocycles. The molecule has 0 radical (unpaired) electrons. The van der Waals surface area contributed by atoms with Gasteiger partial charge in [0.25, 0.3) is 0 Å². The highest BCUT2D eigenvalue weighted by molar-refractivity contribution is 5.76. The van der Waals surface area contributed by atoms with E-state index in [4.69, 9.17) is 0 Å². The van der Waals surface area contributed by atoms with Crippen LogP contribution in [0.25, 0.3) is 0 Å². The third kappa shape index (κ3) is 4.06. The molecule has 1 aliphatic rings. The predicted octanol–water partition coefficient (Wildman–Crippen LogP) is 2.66. The van der Waals surface area contributed by atoms with Gasteiger partial charge in [0.05, 0.1) is 0 Å². The van der Waals surface area contributed by atoms with Crippen molar-refractivity contribution in [2.24, 2.45) is 0 Å². The Bertz CT molecular complexity index is 407. The quantitative estimate of drug-likeness (QED) is 0.882. The second-order valence-corrected chi connectivity index (χ2v) is 5.42. The molecule has 0 bridgehead atoms. The van der Waals surface area contributed by atoms with Crippen LogP contribution in [0.3, 0.4) is 0 Å². The summed E-state index contributed by atoms with van der Waals surface area (Å²) < 4.78 is 0. The normalized spacial score (nSPS) is 16.6. The highest BCUT2D eigenvalue weighted by Gasteiger charge is 2.17. The van der Waals surface area contributed by atoms with Gasteiger partial charge < -0.3 is 10.2 Å². The summed E-state index contributed by atoms with van der Waals surface area (Å²) in [6, 6.07) is 8.85. The summed E-state index contributed by atoms with van der Waals surface area (Å²) in [7, 11) is 0. The Morgan fingerprint density at radius 3 is 2.53 bits per heavy atom. The van der Waals surface area contributed by atoms with Crippen molar-refractivity contribution in [3.8, 4) is 0 Å². The van der Waals surface area contributed by atoms with Crippen LogP contribution in [0, 0.1) is 6.92 Å². The molecule has 1 fully saturated rings. The van der Waals surface area contributed by atoms with E-state index in [1.807, 2.05) is 4.90 Å². The van der Waals surface area contributed by atoms with Crippen molar-refractivity contribution in [2.75, 3.05) is 19.6 Å². The van der Waals surface area contributed by atoms with Crippen LogP contribution in [-0.4, -0.2) is 30.4 Å². The first kappa shape index (κ1) is 14.1. The summed E-state index contributed by atoms with van der Waals surface area (Å²) in [6.45, 7) is 6.89. The van der Waals surface area contributed by atoms with Gasteiger partial charge in [-0.2, -0.15) is 0 Å². The fourth-order valence-electron chi connectivity index (χ4n) is 2.49. The molecule has 1 aromatic carbocycles. The van der Waals surface area contributed by atoms with Crippen LogP contribution in [-0.2, 0) is 4.79 Å². The van der Waals surface area contributed by atoms with E-state index in [1.165, 1.54) is 24.0 Å². The van der Waals surface area contributed by atoms with E-state index in [9.17, 15) is 4.79 Å². The maximum absolute atomic E-state index is 11.9. The molecule has 0 saturated carbocycles. The van der Waals surface area contributed by atoms with Gasteiger partial charge in [-0.3, -0.25) is 4.79 Å². The van der Waals surface area contributed by atoms with Crippen molar-refractivity contribution < 1.29 is 4.79 Å². The van der Waals surface area contributed by atoms with Crippen molar-refractivity contribution in [2.45, 2.75) is 39.2 Å². The number of likely N-dealkylation sites (tertiary alicyclic amines) is 1. The molecule has 1 heterocycles. The fourth-order valence-corrected chi connectivity index (χ4v) is 2.49. The smallest absolute Gasteiger partial charge is 0.223 e. The Kier molecular flexibility index (Phi) is 4.97. The number of hydrogen-bond acceptors (Lipinski definition) is 2. The van der Waals surface area contributed by atoms with Crippen molar-refractivity contribution in [3.63, 3.8) is 0 Å². The Labute approximate surface area is 116 Å². The van der Waals surface area contributed by atoms with Crippen molar-refractivity contribution in [1.82, 2.24) is 10.2 Å². The van der Waals surface area contributed by atoms with E-state index in [2.05, 4.69) is 43.4 Å². The lowest BCUT2D eigenvalue weighted by atomic mass is 10.1. The third-order valence-electron chi connectivity index (χ3n) is 3.83. The molecule has 1 N–H and O–H groups in total. The number of rotatable bonds is 5. The molecule has 1 atom stereocenters. The highest BCUT2D eigenvalue weighted by Crippen LogP contribution is 2.13. The first-order valence-electron chi connectivity index (χ1n) is 7.24. The van der Waals surface area contributed by atoms with Crippen LogP contribution < -0.4 is 5.32 Å². The van der Waals surface area contributed by atoms with Crippen molar-refractivity contribution in [1.29, 1.82) is 0 Å². The van der Waals surface area contributed by atoms with Gasteiger partial charge in [-0.1, -0.05) is 29.8 Å². The van der Waals surface area contributed by atoms with Gasteiger partial charge >= 0.3 is 0 Å². The minimum absolute atomic E-state index is 0.293. The largest absolute Gasteiger partial charge is 0.343 e. The Morgan fingerprint density at radius 1 is 1.26 bits per heavy atom. The molecule has 0 spiro atoms. The number of aryl methyl sites for hydroxylation is 1. The molecule has 3 nitrogen and oxygen atoms in total. The number of benzene rings is 1. The van der Waals surface area contributed by atoms with E-state index in [0.29, 0.717) is 18.4 Å². The van der Waals surface area contributed by atoms with Gasteiger partial charge in [-0.05, 0) is 32.3 Å². The summed E-state index contributed by atoms with van der Waals surface area (Å²) in [5.41, 5.74) is 2.55. The first-order valence-corrected chi connectivity index (χ1v) is 7.24. The third-order valence-corrected chi connectivity index (χ3v) is 3.83. The maximum atomic E-state index is 11.9. The molecule has 1 aromatic rings. The van der Waals surface area contributed by atoms with E-state index in [-0.39, 0.29) is 0 Å². The molecule has 19 heavy (non-hydrogen) atoms. The number of carbonyl (C=O) groups excluding carboxylic acids is 1. The number of hydrogen-bond donors (Lipinski definition) is 1. The summed E-state index contributed by atoms with van der Waals surface area (Å²) in [5.74, 6) is 0.293. The molecule has 1 amide bonds. The lowest BCUT2D eigenvalue weighted by Crippen LogP contribution is -2.31. The van der Waals surface area contributed by atoms with Gasteiger partial charge in [0, 0.05) is 32.1 Å². The second-order valence-electron chi connectivity index (χ2n) is 5.42. The SMILES string of the molecule is Cc1ccc(C(C)NCCC(=O)N2CCCC2)cc1. The minimum atomic E-state index is 0.293. The van der Waals surface area contributed by atoms with E-state index in [0.717, 1.165) is 19.6 Å². The highest BCUT2D eigenvalue weighted by atomic mass is 16.2. The zero-order chi connectivity index (χ0) is 13.7. The number of carbonyl (C=O) groups is 1. The van der Waals surface area contributed by atoms with Crippen LogP contribution >= 0.6 is 0 Å². The molecular formula is C16H24N2O. The molecule has 3 heteroatoms. The summed E-state index contributed by atoms with van der Waals surface area (Å²) in [4.78, 5) is 13.9. The first-order chi connectivity index (χ1) is 9.16. The van der Waals surface area contributed by atoms with Crippen LogP contribution in [0.1, 0.15) is 43.4 Å². The zero-order valence-corrected chi connectivity index (χ0v) is 12.0. The maximum Gasteiger partial charge on any atom is 0.223 e. The van der Waals surface area contributed by atoms with Gasteiger partial charge in [0.2, 0.25) is 5.91 Å². The number of nitrogens with zero attached hydrogens (tertiary/aromatic N) is 1. The van der Waals surface area contributed by atoms with E-state index >= 15 is 0 Å². The molecule has 0 aromatic heterocycles. The standard InChI is InChI=1S/C16H24N2O/c1-13-5-7-15(8-6-13)14(2)17-10-9-16(19)18-11-3-4-12-18/h5-8,14,17H,3-4,9-12H2,1-2H3. The molecular weight excluding hydrogens is 236 g/mol. The van der Waals surface area contributed by atoms with E-state index in [1.54, 1.807) is 0 Å². The molecule has 1 aliphatic heterocycles. The zero-order valence-electron chi connectivity index (χ0n) is 12.0. The second kappa shape index (κ2) is 6.71. The van der Waals surface area contributed by atoms with Crippen LogP contribution in [0.4, 0.5) is 0 Å². The fraction of sp³-hybridized carbons (Fsp3) is 0.562. The monoisotopic (exact) mass is 260 g/mol. The summed E-state index contributed by atoms with van der Waals surface area (Å²) >= 11 is 0. The van der Waals surface area contributed by atoms with Crippen LogP contribution in [0.5, 0.6) is 0 Å². The molecule has 104 valence electrons. The van der Waals surface area contributed by atoms with Gasteiger partial charge in [-0.15, -0.1) is 0 Å². The van der Waals surface area contributed by atoms with E-state index < -0.39 is 0 Å². The van der Waals surface area contributed by atoms with Crippen molar-refractivity contribution >= 4 is 5.91 Å². The number of nitrogens with one attached hydrogen (secondary N) is 1. The average molecular weight is 260 g/mol. The topological polar surface area (TPSA) is 32.3 Å². The lowest BCUT2D eigenvalue weighted by Gasteiger charge is -2.17. The Balaban J connectivity index is 1.72. The lowest BCUT2D eigenvalue weighted by molar-refractivity contribution is -0.130. The van der Waals surface area contributed by atoms with Gasteiger partial charge in [0.1, 0.15) is 0 Å². The van der Waals surface area contributed by atoms with Crippen LogP contribution in [0.2, 0.25) is 0 Å². The molecule has 1 unspecified atom stereocenters. The van der Waals surface area contributed by atoms with Crippen LogP contribution in [0.15, 0.2) is 24.3 Å². The van der Waals surface area contributed by atoms with Gasteiger partial charge in [-0.25, -0.2) is 0 Å². The number of amides is 1. The summed E-state index contributed by atoms with van der Waals surface area (Å²) in [5, 5.41) is 3.43. The minimum Gasteiger partial charge on any atom is -0.343 e. The Morgan fingerprint density at radius 2 is 1.89 bits per heavy atom. The van der Waals surface area contributed by atoms with Gasteiger partial charge in [0.15, 0.2) is 0 Å². The predicted molar refractivity (Wildman–Crippen MR) is 78.0 cm³/mol. The average Bonchev–Trinajstić information content (AvgIpc) is 2.93. The van der Waals surface area contributed by atoms with Crippen molar-refractivity contribution in [3.05, 3.63) is 35.4 Å².